The van der Waals surface area contributed by atoms with Gasteiger partial charge in [0.1, 0.15) is 0 Å². The molecule has 0 bridgehead atoms. The SMILES string of the molecule is CCCCC(CC)CCC(C)C(CC)CCC. The first-order chi connectivity index (χ1) is 8.19. The van der Waals surface area contributed by atoms with Gasteiger partial charge in [0, 0.05) is 0 Å². The van der Waals surface area contributed by atoms with Crippen molar-refractivity contribution in [1.82, 2.24) is 0 Å². The predicted octanol–water partition coefficient (Wildman–Crippen LogP) is 6.45. The third kappa shape index (κ3) is 7.84. The van der Waals surface area contributed by atoms with E-state index >= 15 is 0 Å². The molecule has 104 valence electrons. The van der Waals surface area contributed by atoms with Crippen molar-refractivity contribution < 1.29 is 0 Å². The lowest BCUT2D eigenvalue weighted by Gasteiger charge is -2.24. The average Bonchev–Trinajstić information content (AvgIpc) is 2.35. The molecule has 0 amide bonds. The van der Waals surface area contributed by atoms with Crippen molar-refractivity contribution in [3.63, 3.8) is 0 Å². The van der Waals surface area contributed by atoms with E-state index in [1.807, 2.05) is 0 Å². The van der Waals surface area contributed by atoms with Crippen LogP contribution in [0.2, 0.25) is 0 Å². The van der Waals surface area contributed by atoms with Crippen LogP contribution in [0.1, 0.15) is 92.4 Å². The van der Waals surface area contributed by atoms with E-state index in [4.69, 9.17) is 0 Å². The molecule has 0 rings (SSSR count). The van der Waals surface area contributed by atoms with Crippen molar-refractivity contribution in [3.05, 3.63) is 0 Å². The van der Waals surface area contributed by atoms with Crippen molar-refractivity contribution in [2.75, 3.05) is 0 Å². The molecule has 0 spiro atoms. The summed E-state index contributed by atoms with van der Waals surface area (Å²) >= 11 is 0. The van der Waals surface area contributed by atoms with Gasteiger partial charge >= 0.3 is 0 Å². The minimum absolute atomic E-state index is 0.940. The molecule has 0 aromatic carbocycles. The van der Waals surface area contributed by atoms with E-state index in [9.17, 15) is 0 Å². The molecule has 0 aliphatic rings. The molecule has 0 N–H and O–H groups in total. The predicted molar refractivity (Wildman–Crippen MR) is 80.4 cm³/mol. The molecule has 0 aromatic heterocycles. The quantitative estimate of drug-likeness (QED) is 0.389. The third-order valence-corrected chi connectivity index (χ3v) is 4.56. The van der Waals surface area contributed by atoms with Crippen LogP contribution in [0.3, 0.4) is 0 Å². The maximum atomic E-state index is 2.48. The monoisotopic (exact) mass is 240 g/mol. The highest BCUT2D eigenvalue weighted by molar-refractivity contribution is 4.67. The van der Waals surface area contributed by atoms with Gasteiger partial charge in [0.2, 0.25) is 0 Å². The van der Waals surface area contributed by atoms with Crippen LogP contribution in [0.25, 0.3) is 0 Å². The van der Waals surface area contributed by atoms with Crippen LogP contribution >= 0.6 is 0 Å². The highest BCUT2D eigenvalue weighted by atomic mass is 14.2. The second kappa shape index (κ2) is 11.1. The van der Waals surface area contributed by atoms with Gasteiger partial charge in [-0.05, 0) is 17.8 Å². The Morgan fingerprint density at radius 3 is 1.88 bits per heavy atom. The average molecular weight is 240 g/mol. The Balaban J connectivity index is 3.88. The molecule has 0 heterocycles. The minimum atomic E-state index is 0.940. The molecule has 0 aromatic rings. The molecule has 0 fully saturated rings. The lowest BCUT2D eigenvalue weighted by atomic mass is 9.82. The Bertz CT molecular complexity index is 150. The maximum absolute atomic E-state index is 2.48. The van der Waals surface area contributed by atoms with E-state index in [-0.39, 0.29) is 0 Å². The first-order valence-electron chi connectivity index (χ1n) is 8.19. The first-order valence-corrected chi connectivity index (χ1v) is 8.19. The standard InChI is InChI=1S/C17H36/c1-6-10-12-16(8-3)14-13-15(5)17(9-4)11-7-2/h15-17H,6-14H2,1-5H3. The molecule has 17 heavy (non-hydrogen) atoms. The molecule has 0 radical (unpaired) electrons. The fourth-order valence-electron chi connectivity index (χ4n) is 3.04. The van der Waals surface area contributed by atoms with Gasteiger partial charge in [-0.2, -0.15) is 0 Å². The highest BCUT2D eigenvalue weighted by Crippen LogP contribution is 2.28. The molecule has 0 saturated heterocycles. The summed E-state index contributed by atoms with van der Waals surface area (Å²) in [6.07, 6.45) is 12.7. The summed E-state index contributed by atoms with van der Waals surface area (Å²) in [5.74, 6) is 2.91. The number of hydrogen-bond acceptors (Lipinski definition) is 0. The normalized spacial score (nSPS) is 16.8. The second-order valence-corrected chi connectivity index (χ2v) is 5.93. The van der Waals surface area contributed by atoms with Crippen LogP contribution in [0.5, 0.6) is 0 Å². The summed E-state index contributed by atoms with van der Waals surface area (Å²) in [7, 11) is 0. The summed E-state index contributed by atoms with van der Waals surface area (Å²) in [6.45, 7) is 11.9. The summed E-state index contributed by atoms with van der Waals surface area (Å²) in [5.41, 5.74) is 0. The van der Waals surface area contributed by atoms with Crippen LogP contribution in [0, 0.1) is 17.8 Å². The van der Waals surface area contributed by atoms with Crippen LogP contribution in [-0.2, 0) is 0 Å². The topological polar surface area (TPSA) is 0 Å². The molecule has 0 heteroatoms. The van der Waals surface area contributed by atoms with Crippen molar-refractivity contribution >= 4 is 0 Å². The zero-order valence-corrected chi connectivity index (χ0v) is 13.1. The third-order valence-electron chi connectivity index (χ3n) is 4.56. The zero-order chi connectivity index (χ0) is 13.1. The van der Waals surface area contributed by atoms with Gasteiger partial charge in [0.15, 0.2) is 0 Å². The first kappa shape index (κ1) is 17.0. The van der Waals surface area contributed by atoms with E-state index in [2.05, 4.69) is 34.6 Å². The minimum Gasteiger partial charge on any atom is -0.0654 e. The summed E-state index contributed by atoms with van der Waals surface area (Å²) in [6, 6.07) is 0. The van der Waals surface area contributed by atoms with Gasteiger partial charge in [-0.1, -0.05) is 92.4 Å². The van der Waals surface area contributed by atoms with Gasteiger partial charge in [0.05, 0.1) is 0 Å². The van der Waals surface area contributed by atoms with Crippen LogP contribution in [-0.4, -0.2) is 0 Å². The van der Waals surface area contributed by atoms with Crippen LogP contribution < -0.4 is 0 Å². The summed E-state index contributed by atoms with van der Waals surface area (Å²) in [5, 5.41) is 0. The maximum Gasteiger partial charge on any atom is -0.0391 e. The van der Waals surface area contributed by atoms with Crippen molar-refractivity contribution in [2.45, 2.75) is 92.4 Å². The molecule has 0 aliphatic heterocycles. The Morgan fingerprint density at radius 1 is 0.706 bits per heavy atom. The van der Waals surface area contributed by atoms with Crippen molar-refractivity contribution in [3.8, 4) is 0 Å². The smallest absolute Gasteiger partial charge is 0.0391 e. The molecular formula is C17H36. The Hall–Kier alpha value is 0. The fourth-order valence-corrected chi connectivity index (χ4v) is 3.04. The Kier molecular flexibility index (Phi) is 11.1. The van der Waals surface area contributed by atoms with Gasteiger partial charge in [-0.25, -0.2) is 0 Å². The molecule has 3 atom stereocenters. The molecule has 0 saturated carbocycles. The summed E-state index contributed by atoms with van der Waals surface area (Å²) in [4.78, 5) is 0. The van der Waals surface area contributed by atoms with Gasteiger partial charge < -0.3 is 0 Å². The Labute approximate surface area is 111 Å². The zero-order valence-electron chi connectivity index (χ0n) is 13.1. The molecular weight excluding hydrogens is 204 g/mol. The highest BCUT2D eigenvalue weighted by Gasteiger charge is 2.16. The van der Waals surface area contributed by atoms with Crippen molar-refractivity contribution in [1.29, 1.82) is 0 Å². The van der Waals surface area contributed by atoms with Crippen molar-refractivity contribution in [2.24, 2.45) is 17.8 Å². The van der Waals surface area contributed by atoms with Gasteiger partial charge in [0.25, 0.3) is 0 Å². The van der Waals surface area contributed by atoms with Gasteiger partial charge in [-0.3, -0.25) is 0 Å². The van der Waals surface area contributed by atoms with Gasteiger partial charge in [-0.15, -0.1) is 0 Å². The molecule has 3 unspecified atom stereocenters. The number of rotatable bonds is 11. The van der Waals surface area contributed by atoms with Crippen LogP contribution in [0.15, 0.2) is 0 Å². The molecule has 0 nitrogen and oxygen atoms in total. The Morgan fingerprint density at radius 2 is 1.41 bits per heavy atom. The second-order valence-electron chi connectivity index (χ2n) is 5.93. The summed E-state index contributed by atoms with van der Waals surface area (Å²) < 4.78 is 0. The van der Waals surface area contributed by atoms with E-state index in [1.165, 1.54) is 57.8 Å². The van der Waals surface area contributed by atoms with E-state index in [1.54, 1.807) is 0 Å². The van der Waals surface area contributed by atoms with E-state index < -0.39 is 0 Å². The fraction of sp³-hybridized carbons (Fsp3) is 1.00. The van der Waals surface area contributed by atoms with E-state index in [0.717, 1.165) is 17.8 Å². The lowest BCUT2D eigenvalue weighted by molar-refractivity contribution is 0.274. The van der Waals surface area contributed by atoms with E-state index in [0.29, 0.717) is 0 Å². The number of unbranched alkanes of at least 4 members (excludes halogenated alkanes) is 1. The number of hydrogen-bond donors (Lipinski definition) is 0. The lowest BCUT2D eigenvalue weighted by Crippen LogP contribution is -2.12. The molecule has 0 aliphatic carbocycles. The largest absolute Gasteiger partial charge is 0.0654 e. The van der Waals surface area contributed by atoms with Crippen LogP contribution in [0.4, 0.5) is 0 Å².